The summed E-state index contributed by atoms with van der Waals surface area (Å²) in [6.07, 6.45) is 0.809. The molecule has 0 fully saturated rings. The number of nitrogens with zero attached hydrogens (tertiary/aromatic N) is 1. The number of benzene rings is 2. The molecule has 2 rings (SSSR count). The monoisotopic (exact) mass is 392 g/mol. The van der Waals surface area contributed by atoms with Crippen LogP contribution in [0.2, 0.25) is 0 Å². The molecule has 0 saturated carbocycles. The Kier molecular flexibility index (Phi) is 9.27. The molecule has 0 heterocycles. The van der Waals surface area contributed by atoms with Crippen LogP contribution in [0, 0.1) is 11.8 Å². The van der Waals surface area contributed by atoms with Crippen LogP contribution in [0.15, 0.2) is 48.5 Å². The van der Waals surface area contributed by atoms with Gasteiger partial charge in [0.2, 0.25) is 5.91 Å². The van der Waals surface area contributed by atoms with Crippen LogP contribution in [0.1, 0.15) is 44.4 Å². The van der Waals surface area contributed by atoms with E-state index in [1.165, 1.54) is 5.56 Å². The third kappa shape index (κ3) is 8.41. The fourth-order valence-corrected chi connectivity index (χ4v) is 3.09. The maximum absolute atomic E-state index is 11.1. The van der Waals surface area contributed by atoms with Gasteiger partial charge < -0.3 is 15.0 Å². The second-order valence-corrected chi connectivity index (χ2v) is 7.15. The van der Waals surface area contributed by atoms with Gasteiger partial charge in [-0.05, 0) is 68.4 Å². The van der Waals surface area contributed by atoms with Gasteiger partial charge in [-0.15, -0.1) is 0 Å². The van der Waals surface area contributed by atoms with Gasteiger partial charge in [0.25, 0.3) is 0 Å². The number of nitrogens with one attached hydrogen (secondary N) is 1. The molecular weight excluding hydrogens is 360 g/mol. The average Bonchev–Trinajstić information content (AvgIpc) is 2.71. The van der Waals surface area contributed by atoms with Gasteiger partial charge in [-0.2, -0.15) is 0 Å². The van der Waals surface area contributed by atoms with E-state index in [2.05, 4.69) is 48.0 Å². The summed E-state index contributed by atoms with van der Waals surface area (Å²) < 4.78 is 5.81. The number of hydrogen-bond acceptors (Lipinski definition) is 3. The molecule has 0 radical (unpaired) electrons. The van der Waals surface area contributed by atoms with Crippen molar-refractivity contribution in [2.45, 2.75) is 40.2 Å². The number of likely N-dealkylation sites (N-methyl/N-ethyl adjacent to an activating group) is 1. The van der Waals surface area contributed by atoms with Crippen molar-refractivity contribution in [3.05, 3.63) is 65.2 Å². The highest BCUT2D eigenvalue weighted by Crippen LogP contribution is 2.12. The summed E-state index contributed by atoms with van der Waals surface area (Å²) in [5, 5.41) is 2.90. The van der Waals surface area contributed by atoms with Gasteiger partial charge >= 0.3 is 0 Å². The Bertz CT molecular complexity index is 813. The molecule has 4 nitrogen and oxygen atoms in total. The summed E-state index contributed by atoms with van der Waals surface area (Å²) in [7, 11) is 0. The average molecular weight is 393 g/mol. The highest BCUT2D eigenvalue weighted by Gasteiger charge is 2.04. The number of ether oxygens (including phenoxy) is 1. The van der Waals surface area contributed by atoms with Gasteiger partial charge in [0.15, 0.2) is 0 Å². The van der Waals surface area contributed by atoms with Crippen LogP contribution in [0.4, 0.5) is 0 Å². The predicted molar refractivity (Wildman–Crippen MR) is 119 cm³/mol. The van der Waals surface area contributed by atoms with Gasteiger partial charge in [-0.1, -0.05) is 37.8 Å². The SMILES string of the molecule is CCN(CC)CCOc1ccc(C#Cc2ccc(CC(C)NC(C)=O)cc2)cc1. The van der Waals surface area contributed by atoms with E-state index >= 15 is 0 Å². The molecule has 0 spiro atoms. The molecule has 2 aromatic carbocycles. The minimum atomic E-state index is 0.000275. The molecule has 0 aliphatic carbocycles. The van der Waals surface area contributed by atoms with Crippen LogP contribution in [0.5, 0.6) is 5.75 Å². The first-order chi connectivity index (χ1) is 14.0. The molecule has 2 aromatic rings. The third-order valence-electron chi connectivity index (χ3n) is 4.72. The van der Waals surface area contributed by atoms with Crippen molar-refractivity contribution >= 4 is 5.91 Å². The summed E-state index contributed by atoms with van der Waals surface area (Å²) in [6.45, 7) is 11.6. The minimum absolute atomic E-state index is 0.000275. The molecule has 154 valence electrons. The number of amides is 1. The molecule has 1 atom stereocenters. The molecule has 0 aromatic heterocycles. The Hall–Kier alpha value is -2.77. The topological polar surface area (TPSA) is 41.6 Å². The van der Waals surface area contributed by atoms with Crippen molar-refractivity contribution < 1.29 is 9.53 Å². The third-order valence-corrected chi connectivity index (χ3v) is 4.72. The lowest BCUT2D eigenvalue weighted by Gasteiger charge is -2.17. The normalized spacial score (nSPS) is 11.5. The van der Waals surface area contributed by atoms with Crippen molar-refractivity contribution in [3.63, 3.8) is 0 Å². The zero-order valence-corrected chi connectivity index (χ0v) is 18.0. The molecule has 1 unspecified atom stereocenters. The summed E-state index contributed by atoms with van der Waals surface area (Å²) in [4.78, 5) is 13.4. The molecular formula is C25H32N2O2. The predicted octanol–water partition coefficient (Wildman–Crippen LogP) is 3.87. The minimum Gasteiger partial charge on any atom is -0.492 e. The molecule has 29 heavy (non-hydrogen) atoms. The molecule has 0 bridgehead atoms. The van der Waals surface area contributed by atoms with Crippen LogP contribution >= 0.6 is 0 Å². The molecule has 1 amide bonds. The lowest BCUT2D eigenvalue weighted by Crippen LogP contribution is -2.31. The standard InChI is InChI=1S/C25H32N2O2/c1-5-27(6-2)17-18-29-25-15-13-23(14-16-25)8-7-22-9-11-24(12-10-22)19-20(3)26-21(4)28/h9-16,20H,5-6,17-19H2,1-4H3,(H,26,28). The Morgan fingerprint density at radius 2 is 1.55 bits per heavy atom. The van der Waals surface area contributed by atoms with Crippen molar-refractivity contribution in [1.82, 2.24) is 10.2 Å². The van der Waals surface area contributed by atoms with E-state index in [1.807, 2.05) is 43.3 Å². The highest BCUT2D eigenvalue weighted by molar-refractivity contribution is 5.73. The van der Waals surface area contributed by atoms with Gasteiger partial charge in [0.1, 0.15) is 12.4 Å². The Morgan fingerprint density at radius 3 is 2.07 bits per heavy atom. The van der Waals surface area contributed by atoms with E-state index in [0.717, 1.165) is 42.9 Å². The number of carbonyl (C=O) groups excluding carboxylic acids is 1. The van der Waals surface area contributed by atoms with Crippen LogP contribution < -0.4 is 10.1 Å². The van der Waals surface area contributed by atoms with Crippen molar-refractivity contribution in [2.75, 3.05) is 26.2 Å². The van der Waals surface area contributed by atoms with Crippen molar-refractivity contribution in [2.24, 2.45) is 0 Å². The van der Waals surface area contributed by atoms with E-state index in [9.17, 15) is 4.79 Å². The lowest BCUT2D eigenvalue weighted by atomic mass is 10.0. The van der Waals surface area contributed by atoms with Crippen molar-refractivity contribution in [3.8, 4) is 17.6 Å². The van der Waals surface area contributed by atoms with Gasteiger partial charge in [0.05, 0.1) is 0 Å². The summed E-state index contributed by atoms with van der Waals surface area (Å²) in [5.74, 6) is 7.27. The number of rotatable bonds is 9. The smallest absolute Gasteiger partial charge is 0.217 e. The molecule has 0 aliphatic heterocycles. The van der Waals surface area contributed by atoms with Gasteiger partial charge in [0, 0.05) is 30.6 Å². The molecule has 4 heteroatoms. The lowest BCUT2D eigenvalue weighted by molar-refractivity contribution is -0.119. The Labute approximate surface area is 175 Å². The number of hydrogen-bond donors (Lipinski definition) is 1. The summed E-state index contributed by atoms with van der Waals surface area (Å²) >= 11 is 0. The molecule has 0 saturated heterocycles. The largest absolute Gasteiger partial charge is 0.492 e. The Balaban J connectivity index is 1.87. The number of carbonyl (C=O) groups is 1. The van der Waals surface area contributed by atoms with E-state index in [4.69, 9.17) is 4.74 Å². The van der Waals surface area contributed by atoms with E-state index in [-0.39, 0.29) is 11.9 Å². The summed E-state index contributed by atoms with van der Waals surface area (Å²) in [6, 6.07) is 16.2. The van der Waals surface area contributed by atoms with Crippen LogP contribution in [0.3, 0.4) is 0 Å². The first-order valence-electron chi connectivity index (χ1n) is 10.3. The van der Waals surface area contributed by atoms with Crippen molar-refractivity contribution in [1.29, 1.82) is 0 Å². The van der Waals surface area contributed by atoms with E-state index in [1.54, 1.807) is 6.92 Å². The van der Waals surface area contributed by atoms with Crippen LogP contribution in [-0.4, -0.2) is 43.1 Å². The zero-order valence-electron chi connectivity index (χ0n) is 18.0. The summed E-state index contributed by atoms with van der Waals surface area (Å²) in [5.41, 5.74) is 3.12. The maximum Gasteiger partial charge on any atom is 0.217 e. The fraction of sp³-hybridized carbons (Fsp3) is 0.400. The van der Waals surface area contributed by atoms with Crippen LogP contribution in [-0.2, 0) is 11.2 Å². The van der Waals surface area contributed by atoms with Gasteiger partial charge in [-0.3, -0.25) is 4.79 Å². The van der Waals surface area contributed by atoms with Gasteiger partial charge in [-0.25, -0.2) is 0 Å². The van der Waals surface area contributed by atoms with E-state index in [0.29, 0.717) is 6.61 Å². The first-order valence-corrected chi connectivity index (χ1v) is 10.3. The maximum atomic E-state index is 11.1. The quantitative estimate of drug-likeness (QED) is 0.659. The fourth-order valence-electron chi connectivity index (χ4n) is 3.09. The molecule has 1 N–H and O–H groups in total. The van der Waals surface area contributed by atoms with E-state index < -0.39 is 0 Å². The second kappa shape index (κ2) is 11.9. The second-order valence-electron chi connectivity index (χ2n) is 7.15. The Morgan fingerprint density at radius 1 is 1.00 bits per heavy atom. The highest BCUT2D eigenvalue weighted by atomic mass is 16.5. The zero-order chi connectivity index (χ0) is 21.1. The van der Waals surface area contributed by atoms with Crippen LogP contribution in [0.25, 0.3) is 0 Å². The molecule has 0 aliphatic rings. The first kappa shape index (κ1) is 22.5.